The molecular weight excluding hydrogens is 580 g/mol. The zero-order valence-electron chi connectivity index (χ0n) is 22.4. The Balaban J connectivity index is 1.60. The number of urea groups is 1. The van der Waals surface area contributed by atoms with Gasteiger partial charge in [-0.2, -0.15) is 0 Å². The van der Waals surface area contributed by atoms with Crippen LogP contribution < -0.4 is 19.7 Å². The van der Waals surface area contributed by atoms with Crippen molar-refractivity contribution in [1.82, 2.24) is 5.32 Å². The second-order valence-electron chi connectivity index (χ2n) is 8.97. The maximum absolute atomic E-state index is 13.3. The third-order valence-corrected chi connectivity index (χ3v) is 6.84. The molecule has 0 spiro atoms. The summed E-state index contributed by atoms with van der Waals surface area (Å²) in [5.74, 6) is -1.33. The Bertz CT molecular complexity index is 1530. The van der Waals surface area contributed by atoms with Crippen LogP contribution in [0.5, 0.6) is 11.5 Å². The van der Waals surface area contributed by atoms with Crippen LogP contribution in [0.3, 0.4) is 0 Å². The van der Waals surface area contributed by atoms with Crippen LogP contribution in [-0.4, -0.2) is 37.5 Å². The summed E-state index contributed by atoms with van der Waals surface area (Å²) in [5.41, 5.74) is 4.00. The van der Waals surface area contributed by atoms with E-state index in [1.165, 1.54) is 43.0 Å². The highest BCUT2D eigenvalue weighted by molar-refractivity contribution is 9.10. The number of rotatable bonds is 8. The van der Waals surface area contributed by atoms with E-state index in [2.05, 4.69) is 27.3 Å². The predicted octanol–water partition coefficient (Wildman–Crippen LogP) is 5.50. The predicted molar refractivity (Wildman–Crippen MR) is 152 cm³/mol. The maximum Gasteiger partial charge on any atom is 0.338 e. The van der Waals surface area contributed by atoms with Crippen LogP contribution in [0, 0.1) is 13.8 Å². The summed E-state index contributed by atoms with van der Waals surface area (Å²) in [7, 11) is 1.49. The number of hydrogen-bond acceptors (Lipinski definition) is 7. The number of methoxy groups -OCH3 is 1. The van der Waals surface area contributed by atoms with Crippen LogP contribution in [0.15, 0.2) is 64.6 Å². The van der Waals surface area contributed by atoms with Gasteiger partial charge in [-0.1, -0.05) is 18.2 Å². The lowest BCUT2D eigenvalue weighted by Crippen LogP contribution is -2.54. The maximum atomic E-state index is 13.3. The number of aryl methyl sites for hydroxylation is 2. The van der Waals surface area contributed by atoms with E-state index in [9.17, 15) is 19.2 Å². The highest BCUT2D eigenvalue weighted by Gasteiger charge is 2.37. The van der Waals surface area contributed by atoms with E-state index < -0.39 is 23.8 Å². The number of hydrogen-bond donors (Lipinski definition) is 1. The van der Waals surface area contributed by atoms with Gasteiger partial charge in [-0.25, -0.2) is 14.5 Å². The monoisotopic (exact) mass is 606 g/mol. The number of halogens is 1. The zero-order valence-corrected chi connectivity index (χ0v) is 24.0. The summed E-state index contributed by atoms with van der Waals surface area (Å²) >= 11 is 3.50. The molecule has 4 amide bonds. The molecule has 40 heavy (non-hydrogen) atoms. The van der Waals surface area contributed by atoms with E-state index in [1.807, 2.05) is 26.0 Å². The Labute approximate surface area is 239 Å². The van der Waals surface area contributed by atoms with E-state index in [-0.39, 0.29) is 23.4 Å². The van der Waals surface area contributed by atoms with Crippen LogP contribution in [-0.2, 0) is 20.9 Å². The number of amides is 4. The van der Waals surface area contributed by atoms with Gasteiger partial charge >= 0.3 is 12.0 Å². The van der Waals surface area contributed by atoms with Gasteiger partial charge in [0, 0.05) is 0 Å². The molecule has 1 fully saturated rings. The third-order valence-electron chi connectivity index (χ3n) is 6.26. The first kappa shape index (κ1) is 28.6. The van der Waals surface area contributed by atoms with Crippen molar-refractivity contribution in [3.63, 3.8) is 0 Å². The van der Waals surface area contributed by atoms with Gasteiger partial charge in [-0.3, -0.25) is 14.9 Å². The van der Waals surface area contributed by atoms with E-state index in [0.717, 1.165) is 16.0 Å². The molecule has 0 bridgehead atoms. The first-order valence-electron chi connectivity index (χ1n) is 12.4. The van der Waals surface area contributed by atoms with E-state index >= 15 is 0 Å². The molecule has 10 heteroatoms. The molecule has 0 aliphatic carbocycles. The van der Waals surface area contributed by atoms with Crippen LogP contribution in [0.4, 0.5) is 10.5 Å². The Hall–Kier alpha value is -4.44. The number of ether oxygens (including phenoxy) is 3. The molecule has 1 saturated heterocycles. The van der Waals surface area contributed by atoms with Crippen molar-refractivity contribution < 1.29 is 33.4 Å². The Morgan fingerprint density at radius 2 is 1.73 bits per heavy atom. The summed E-state index contributed by atoms with van der Waals surface area (Å²) in [6.45, 7) is 6.29. The highest BCUT2D eigenvalue weighted by atomic mass is 79.9. The van der Waals surface area contributed by atoms with Crippen LogP contribution in [0.2, 0.25) is 0 Å². The Kier molecular flexibility index (Phi) is 8.69. The molecule has 1 aliphatic heterocycles. The van der Waals surface area contributed by atoms with Crippen molar-refractivity contribution in [1.29, 1.82) is 0 Å². The molecule has 4 rings (SSSR count). The van der Waals surface area contributed by atoms with Gasteiger partial charge in [0.05, 0.1) is 29.4 Å². The van der Waals surface area contributed by atoms with Crippen LogP contribution in [0.1, 0.15) is 39.5 Å². The van der Waals surface area contributed by atoms with E-state index in [0.29, 0.717) is 28.1 Å². The second-order valence-corrected chi connectivity index (χ2v) is 9.82. The molecule has 3 aromatic carbocycles. The van der Waals surface area contributed by atoms with Crippen molar-refractivity contribution >= 4 is 51.5 Å². The molecule has 1 aliphatic rings. The number of imide groups is 2. The lowest BCUT2D eigenvalue weighted by molar-refractivity contribution is -0.122. The summed E-state index contributed by atoms with van der Waals surface area (Å²) < 4.78 is 17.1. The van der Waals surface area contributed by atoms with Crippen LogP contribution >= 0.6 is 15.9 Å². The van der Waals surface area contributed by atoms with E-state index in [1.54, 1.807) is 19.1 Å². The van der Waals surface area contributed by atoms with E-state index in [4.69, 9.17) is 14.2 Å². The smallest absolute Gasteiger partial charge is 0.338 e. The van der Waals surface area contributed by atoms with Gasteiger partial charge < -0.3 is 14.2 Å². The first-order valence-corrected chi connectivity index (χ1v) is 13.2. The molecule has 1 heterocycles. The molecule has 1 N–H and O–H groups in total. The number of carbonyl (C=O) groups is 4. The Morgan fingerprint density at radius 1 is 1.00 bits per heavy atom. The highest BCUT2D eigenvalue weighted by Crippen LogP contribution is 2.38. The molecule has 0 radical (unpaired) electrons. The number of nitrogens with zero attached hydrogens (tertiary/aromatic N) is 1. The lowest BCUT2D eigenvalue weighted by atomic mass is 10.1. The molecular formula is C30H27BrN2O7. The minimum absolute atomic E-state index is 0.183. The van der Waals surface area contributed by atoms with Crippen molar-refractivity contribution in [2.24, 2.45) is 0 Å². The average molecular weight is 607 g/mol. The number of anilines is 1. The van der Waals surface area contributed by atoms with Gasteiger partial charge in [-0.15, -0.1) is 0 Å². The third kappa shape index (κ3) is 6.07. The number of nitrogens with one attached hydrogen (secondary N) is 1. The number of carbonyl (C=O) groups excluding carboxylic acids is 4. The Morgan fingerprint density at radius 3 is 2.38 bits per heavy atom. The van der Waals surface area contributed by atoms with Gasteiger partial charge in [0.15, 0.2) is 11.5 Å². The SMILES string of the molecule is CCOC(=O)c1ccc(N2C(=O)NC(=O)/C(=C\c3cc(Br)c(OCc4ccc(C)c(C)c4)c(OC)c3)C2=O)cc1. The summed E-state index contributed by atoms with van der Waals surface area (Å²) in [6, 6.07) is 14.2. The van der Waals surface area contributed by atoms with Gasteiger partial charge in [0.1, 0.15) is 12.2 Å². The van der Waals surface area contributed by atoms with Gasteiger partial charge in [-0.05, 0) is 101 Å². The standard InChI is InChI=1S/C30H27BrN2O7/c1-5-39-29(36)21-8-10-22(11-9-21)33-28(35)23(27(34)32-30(33)37)13-20-14-24(31)26(25(15-20)38-4)40-16-19-7-6-17(2)18(3)12-19/h6-15H,5,16H2,1-4H3,(H,32,34,37)/b23-13+. The largest absolute Gasteiger partial charge is 0.493 e. The minimum atomic E-state index is -0.898. The minimum Gasteiger partial charge on any atom is -0.493 e. The fourth-order valence-corrected chi connectivity index (χ4v) is 4.61. The van der Waals surface area contributed by atoms with Crippen molar-refractivity contribution in [2.75, 3.05) is 18.6 Å². The molecule has 0 aromatic heterocycles. The number of esters is 1. The molecule has 0 unspecified atom stereocenters. The van der Waals surface area contributed by atoms with Gasteiger partial charge in [0.2, 0.25) is 0 Å². The van der Waals surface area contributed by atoms with Gasteiger partial charge in [0.25, 0.3) is 11.8 Å². The number of barbiturate groups is 1. The molecule has 206 valence electrons. The first-order chi connectivity index (χ1) is 19.1. The van der Waals surface area contributed by atoms with Crippen molar-refractivity contribution in [3.8, 4) is 11.5 Å². The topological polar surface area (TPSA) is 111 Å². The summed E-state index contributed by atoms with van der Waals surface area (Å²) in [4.78, 5) is 51.3. The average Bonchev–Trinajstić information content (AvgIpc) is 2.92. The summed E-state index contributed by atoms with van der Waals surface area (Å²) in [5, 5.41) is 2.19. The normalized spacial score (nSPS) is 14.3. The zero-order chi connectivity index (χ0) is 29.0. The molecule has 0 saturated carbocycles. The molecule has 0 atom stereocenters. The quantitative estimate of drug-likeness (QED) is 0.205. The lowest BCUT2D eigenvalue weighted by Gasteiger charge is -2.26. The fourth-order valence-electron chi connectivity index (χ4n) is 4.03. The van der Waals surface area contributed by atoms with Crippen LogP contribution in [0.25, 0.3) is 6.08 Å². The van der Waals surface area contributed by atoms with Crippen molar-refractivity contribution in [2.45, 2.75) is 27.4 Å². The van der Waals surface area contributed by atoms with Crippen molar-refractivity contribution in [3.05, 3.63) is 92.5 Å². The molecule has 3 aromatic rings. The fraction of sp³-hybridized carbons (Fsp3) is 0.200. The second kappa shape index (κ2) is 12.2. The number of benzene rings is 3. The molecule has 9 nitrogen and oxygen atoms in total. The summed E-state index contributed by atoms with van der Waals surface area (Å²) in [6.07, 6.45) is 1.37.